The summed E-state index contributed by atoms with van der Waals surface area (Å²) in [7, 11) is 1.31. The minimum Gasteiger partial charge on any atom is -0.465 e. The van der Waals surface area contributed by atoms with E-state index in [1.165, 1.54) is 7.11 Å². The van der Waals surface area contributed by atoms with Crippen molar-refractivity contribution in [1.82, 2.24) is 0 Å². The van der Waals surface area contributed by atoms with Gasteiger partial charge in [0.1, 0.15) is 5.57 Å². The Labute approximate surface area is 154 Å². The molecule has 0 heterocycles. The molecule has 2 aromatic carbocycles. The van der Waals surface area contributed by atoms with Crippen LogP contribution in [0.3, 0.4) is 0 Å². The summed E-state index contributed by atoms with van der Waals surface area (Å²) in [6, 6.07) is 19.9. The highest BCUT2D eigenvalue weighted by Gasteiger charge is 2.42. The Kier molecular flexibility index (Phi) is 4.90. The van der Waals surface area contributed by atoms with Gasteiger partial charge in [0.2, 0.25) is 0 Å². The lowest BCUT2D eigenvalue weighted by atomic mass is 9.87. The number of hydrogen-bond acceptors (Lipinski definition) is 3. The van der Waals surface area contributed by atoms with E-state index in [9.17, 15) is 9.59 Å². The largest absolute Gasteiger partial charge is 0.465 e. The number of rotatable bonds is 4. The van der Waals surface area contributed by atoms with E-state index in [0.29, 0.717) is 6.42 Å². The minimum absolute atomic E-state index is 0.156. The minimum atomic E-state index is -0.603. The fourth-order valence-electron chi connectivity index (χ4n) is 3.32. The van der Waals surface area contributed by atoms with Crippen molar-refractivity contribution in [3.8, 4) is 0 Å². The van der Waals surface area contributed by atoms with Gasteiger partial charge in [-0.25, -0.2) is 4.79 Å². The molecule has 1 aliphatic rings. The fraction of sp³-hybridized carbons (Fsp3) is 0.217. The number of esters is 1. The van der Waals surface area contributed by atoms with Gasteiger partial charge in [0, 0.05) is 5.41 Å². The first kappa shape index (κ1) is 17.9. The van der Waals surface area contributed by atoms with Crippen LogP contribution in [0, 0.1) is 5.41 Å². The molecule has 132 valence electrons. The van der Waals surface area contributed by atoms with Crippen molar-refractivity contribution in [3.05, 3.63) is 89.0 Å². The summed E-state index contributed by atoms with van der Waals surface area (Å²) in [5, 5.41) is 0. The number of ether oxygens (including phenoxy) is 1. The molecule has 3 heteroatoms. The lowest BCUT2D eigenvalue weighted by Crippen LogP contribution is -2.23. The second-order valence-corrected chi connectivity index (χ2v) is 7.07. The van der Waals surface area contributed by atoms with Crippen LogP contribution < -0.4 is 0 Å². The molecular weight excluding hydrogens is 324 g/mol. The Morgan fingerprint density at radius 3 is 1.92 bits per heavy atom. The third-order valence-electron chi connectivity index (χ3n) is 4.67. The van der Waals surface area contributed by atoms with Crippen LogP contribution >= 0.6 is 0 Å². The monoisotopic (exact) mass is 346 g/mol. The molecule has 0 radical (unpaired) electrons. The summed E-state index contributed by atoms with van der Waals surface area (Å²) < 4.78 is 4.87. The Balaban J connectivity index is 2.20. The molecule has 0 bridgehead atoms. The van der Waals surface area contributed by atoms with Crippen molar-refractivity contribution in [2.24, 2.45) is 5.41 Å². The zero-order chi connectivity index (χ0) is 18.7. The zero-order valence-electron chi connectivity index (χ0n) is 15.3. The van der Waals surface area contributed by atoms with E-state index in [-0.39, 0.29) is 11.4 Å². The van der Waals surface area contributed by atoms with Gasteiger partial charge in [0.15, 0.2) is 5.78 Å². The summed E-state index contributed by atoms with van der Waals surface area (Å²) in [6.45, 7) is 3.73. The van der Waals surface area contributed by atoms with Crippen molar-refractivity contribution in [1.29, 1.82) is 0 Å². The van der Waals surface area contributed by atoms with Gasteiger partial charge in [0.05, 0.1) is 7.11 Å². The number of benzene rings is 2. The SMILES string of the molecule is COC(=O)C1=C(C=C(c2ccccc2)c2ccccc2)CC(C)(C)C1=O. The van der Waals surface area contributed by atoms with Crippen LogP contribution in [0.4, 0.5) is 0 Å². The van der Waals surface area contributed by atoms with Gasteiger partial charge in [0.25, 0.3) is 0 Å². The standard InChI is InChI=1S/C23H22O3/c1-23(2)15-18(20(21(23)24)22(25)26-3)14-19(16-10-6-4-7-11-16)17-12-8-5-9-13-17/h4-14H,15H2,1-3H3. The number of carbonyl (C=O) groups is 2. The maximum atomic E-state index is 12.7. The average Bonchev–Trinajstić information content (AvgIpc) is 2.89. The van der Waals surface area contributed by atoms with Crippen LogP contribution in [0.2, 0.25) is 0 Å². The Morgan fingerprint density at radius 2 is 1.46 bits per heavy atom. The highest BCUT2D eigenvalue weighted by atomic mass is 16.5. The summed E-state index contributed by atoms with van der Waals surface area (Å²) >= 11 is 0. The molecule has 0 fully saturated rings. The van der Waals surface area contributed by atoms with Crippen LogP contribution in [0.1, 0.15) is 31.4 Å². The maximum absolute atomic E-state index is 12.7. The number of allylic oxidation sites excluding steroid dienone is 2. The second kappa shape index (κ2) is 7.12. The molecule has 0 aliphatic heterocycles. The molecule has 3 rings (SSSR count). The van der Waals surface area contributed by atoms with E-state index in [1.807, 2.05) is 80.6 Å². The summed E-state index contributed by atoms with van der Waals surface area (Å²) in [6.07, 6.45) is 2.48. The molecule has 0 saturated carbocycles. The highest BCUT2D eigenvalue weighted by Crippen LogP contribution is 2.41. The predicted octanol–water partition coefficient (Wildman–Crippen LogP) is 4.59. The van der Waals surface area contributed by atoms with Gasteiger partial charge in [-0.15, -0.1) is 0 Å². The molecule has 26 heavy (non-hydrogen) atoms. The van der Waals surface area contributed by atoms with Crippen molar-refractivity contribution in [2.75, 3.05) is 7.11 Å². The van der Waals surface area contributed by atoms with E-state index in [2.05, 4.69) is 0 Å². The van der Waals surface area contributed by atoms with Crippen molar-refractivity contribution in [2.45, 2.75) is 20.3 Å². The van der Waals surface area contributed by atoms with E-state index in [1.54, 1.807) is 0 Å². The van der Waals surface area contributed by atoms with E-state index in [4.69, 9.17) is 4.74 Å². The van der Waals surface area contributed by atoms with E-state index >= 15 is 0 Å². The fourth-order valence-corrected chi connectivity index (χ4v) is 3.32. The summed E-state index contributed by atoms with van der Waals surface area (Å²) in [5.74, 6) is -0.719. The topological polar surface area (TPSA) is 43.4 Å². The normalized spacial score (nSPS) is 15.7. The van der Waals surface area contributed by atoms with Gasteiger partial charge in [-0.05, 0) is 34.8 Å². The predicted molar refractivity (Wildman–Crippen MR) is 102 cm³/mol. The zero-order valence-corrected chi connectivity index (χ0v) is 15.3. The molecule has 1 aliphatic carbocycles. The van der Waals surface area contributed by atoms with Gasteiger partial charge < -0.3 is 4.74 Å². The third-order valence-corrected chi connectivity index (χ3v) is 4.67. The van der Waals surface area contributed by atoms with E-state index < -0.39 is 11.4 Å². The number of Topliss-reactive ketones (excluding diaryl/α,β-unsaturated/α-hetero) is 1. The quantitative estimate of drug-likeness (QED) is 0.601. The van der Waals surface area contributed by atoms with Crippen LogP contribution in [0.15, 0.2) is 77.9 Å². The van der Waals surface area contributed by atoms with Crippen LogP contribution in [-0.4, -0.2) is 18.9 Å². The Morgan fingerprint density at radius 1 is 0.962 bits per heavy atom. The smallest absolute Gasteiger partial charge is 0.341 e. The van der Waals surface area contributed by atoms with Crippen molar-refractivity contribution in [3.63, 3.8) is 0 Å². The molecule has 0 spiro atoms. The van der Waals surface area contributed by atoms with Gasteiger partial charge in [-0.3, -0.25) is 4.79 Å². The van der Waals surface area contributed by atoms with E-state index in [0.717, 1.165) is 22.3 Å². The van der Waals surface area contributed by atoms with Gasteiger partial charge in [-0.2, -0.15) is 0 Å². The molecule has 2 aromatic rings. The molecule has 0 unspecified atom stereocenters. The first-order valence-electron chi connectivity index (χ1n) is 8.63. The van der Waals surface area contributed by atoms with Gasteiger partial charge in [-0.1, -0.05) is 74.5 Å². The molecular formula is C23H22O3. The summed E-state index contributed by atoms with van der Waals surface area (Å²) in [5.41, 5.74) is 3.35. The molecule has 0 N–H and O–H groups in total. The molecule has 3 nitrogen and oxygen atoms in total. The highest BCUT2D eigenvalue weighted by molar-refractivity contribution is 6.22. The molecule has 0 atom stereocenters. The first-order valence-corrected chi connectivity index (χ1v) is 8.63. The number of ketones is 1. The Hall–Kier alpha value is -2.94. The van der Waals surface area contributed by atoms with Crippen molar-refractivity contribution >= 4 is 17.3 Å². The summed E-state index contributed by atoms with van der Waals surface area (Å²) in [4.78, 5) is 25.0. The number of methoxy groups -OCH3 is 1. The lowest BCUT2D eigenvalue weighted by Gasteiger charge is -2.15. The molecule has 0 aromatic heterocycles. The number of carbonyl (C=O) groups excluding carboxylic acids is 2. The second-order valence-electron chi connectivity index (χ2n) is 7.07. The van der Waals surface area contributed by atoms with Crippen LogP contribution in [0.25, 0.3) is 5.57 Å². The third kappa shape index (κ3) is 3.38. The van der Waals surface area contributed by atoms with Crippen molar-refractivity contribution < 1.29 is 14.3 Å². The van der Waals surface area contributed by atoms with Gasteiger partial charge >= 0.3 is 5.97 Å². The van der Waals surface area contributed by atoms with Crippen LogP contribution in [-0.2, 0) is 14.3 Å². The lowest BCUT2D eigenvalue weighted by molar-refractivity contribution is -0.138. The molecule has 0 amide bonds. The van der Waals surface area contributed by atoms with Crippen LogP contribution in [0.5, 0.6) is 0 Å². The Bertz CT molecular complexity index is 846. The average molecular weight is 346 g/mol. The first-order chi connectivity index (χ1) is 12.4. The maximum Gasteiger partial charge on any atom is 0.341 e. The number of hydrogen-bond donors (Lipinski definition) is 0. The molecule has 0 saturated heterocycles.